The van der Waals surface area contributed by atoms with Crippen molar-refractivity contribution in [1.82, 2.24) is 0 Å². The van der Waals surface area contributed by atoms with Crippen LogP contribution in [0.4, 0.5) is 0 Å². The molecule has 4 nitrogen and oxygen atoms in total. The minimum absolute atomic E-state index is 0.0526. The molecule has 0 aromatic rings. The second-order valence-corrected chi connectivity index (χ2v) is 15.4. The highest BCUT2D eigenvalue weighted by Gasteiger charge is 2.73. The van der Waals surface area contributed by atoms with Crippen molar-refractivity contribution in [2.45, 2.75) is 118 Å². The quantitative estimate of drug-likeness (QED) is 0.435. The first kappa shape index (κ1) is 27.0. The van der Waals surface area contributed by atoms with Gasteiger partial charge in [0.25, 0.3) is 0 Å². The van der Waals surface area contributed by atoms with Crippen LogP contribution in [0.3, 0.4) is 0 Å². The molecule has 36 heavy (non-hydrogen) atoms. The molecule has 12 unspecified atom stereocenters. The second-order valence-electron chi connectivity index (χ2n) is 15.4. The molecule has 0 aromatic heterocycles. The number of ether oxygens (including phenoxy) is 2. The van der Waals surface area contributed by atoms with Crippen LogP contribution in [0.2, 0.25) is 0 Å². The Labute approximate surface area is 220 Å². The lowest BCUT2D eigenvalue weighted by molar-refractivity contribution is -0.294. The Balaban J connectivity index is 1.61. The summed E-state index contributed by atoms with van der Waals surface area (Å²) < 4.78 is 12.6. The van der Waals surface area contributed by atoms with Crippen molar-refractivity contribution in [2.24, 2.45) is 62.6 Å². The van der Waals surface area contributed by atoms with Gasteiger partial charge in [0.2, 0.25) is 0 Å². The van der Waals surface area contributed by atoms with E-state index in [-0.39, 0.29) is 33.7 Å². The van der Waals surface area contributed by atoms with Crippen molar-refractivity contribution in [1.29, 1.82) is 0 Å². The predicted octanol–water partition coefficient (Wildman–Crippen LogP) is 7.45. The van der Waals surface area contributed by atoms with E-state index in [9.17, 15) is 9.90 Å². The minimum atomic E-state index is -0.526. The van der Waals surface area contributed by atoms with E-state index in [1.807, 2.05) is 14.2 Å². The van der Waals surface area contributed by atoms with E-state index in [1.165, 1.54) is 19.3 Å². The smallest absolute Gasteiger partial charge is 0.309 e. The highest BCUT2D eigenvalue weighted by molar-refractivity contribution is 5.75. The van der Waals surface area contributed by atoms with Crippen LogP contribution in [0.25, 0.3) is 0 Å². The number of hydrogen-bond acceptors (Lipinski definition) is 3. The molecule has 0 bridgehead atoms. The van der Waals surface area contributed by atoms with Gasteiger partial charge < -0.3 is 14.6 Å². The highest BCUT2D eigenvalue weighted by atomic mass is 16.5. The topological polar surface area (TPSA) is 55.8 Å². The largest absolute Gasteiger partial charge is 0.481 e. The Morgan fingerprint density at radius 3 is 2.08 bits per heavy atom. The predicted molar refractivity (Wildman–Crippen MR) is 144 cm³/mol. The van der Waals surface area contributed by atoms with E-state index in [4.69, 9.17) is 9.47 Å². The van der Waals surface area contributed by atoms with Crippen molar-refractivity contribution in [3.63, 3.8) is 0 Å². The lowest BCUT2D eigenvalue weighted by Gasteiger charge is -2.75. The van der Waals surface area contributed by atoms with Gasteiger partial charge in [-0.15, -0.1) is 0 Å². The molecule has 0 radical (unpaired) electrons. The van der Waals surface area contributed by atoms with Crippen LogP contribution in [0.1, 0.15) is 106 Å². The van der Waals surface area contributed by atoms with E-state index >= 15 is 0 Å². The number of carboxylic acids is 1. The molecule has 4 heteroatoms. The first-order valence-corrected chi connectivity index (χ1v) is 15.0. The Morgan fingerprint density at radius 1 is 0.806 bits per heavy atom. The number of carboxylic acid groups (broad SMARTS) is 1. The van der Waals surface area contributed by atoms with E-state index in [2.05, 4.69) is 48.5 Å². The average Bonchev–Trinajstić information content (AvgIpc) is 2.81. The number of hydrogen-bond donors (Lipinski definition) is 1. The van der Waals surface area contributed by atoms with Gasteiger partial charge in [-0.25, -0.2) is 0 Å². The molecule has 206 valence electrons. The van der Waals surface area contributed by atoms with Gasteiger partial charge in [-0.1, -0.05) is 48.5 Å². The van der Waals surface area contributed by atoms with Crippen molar-refractivity contribution >= 4 is 5.97 Å². The van der Waals surface area contributed by atoms with E-state index in [1.54, 1.807) is 0 Å². The molecule has 5 aliphatic carbocycles. The summed E-state index contributed by atoms with van der Waals surface area (Å²) in [5.74, 6) is 2.46. The molecule has 0 spiro atoms. The second kappa shape index (κ2) is 8.44. The van der Waals surface area contributed by atoms with Crippen LogP contribution in [0, 0.1) is 62.6 Å². The summed E-state index contributed by atoms with van der Waals surface area (Å²) >= 11 is 0. The third-order valence-electron chi connectivity index (χ3n) is 14.6. The first-order valence-electron chi connectivity index (χ1n) is 15.0. The molecule has 0 aliphatic heterocycles. The molecule has 0 heterocycles. The summed E-state index contributed by atoms with van der Waals surface area (Å²) in [5, 5.41) is 10.7. The summed E-state index contributed by atoms with van der Waals surface area (Å²) in [5.41, 5.74) is 0.0132. The van der Waals surface area contributed by atoms with Crippen LogP contribution in [-0.4, -0.2) is 37.5 Å². The maximum Gasteiger partial charge on any atom is 0.309 e. The fraction of sp³-hybridized carbons (Fsp3) is 0.969. The van der Waals surface area contributed by atoms with Crippen LogP contribution >= 0.6 is 0 Å². The molecule has 0 amide bonds. The first-order chi connectivity index (χ1) is 16.8. The van der Waals surface area contributed by atoms with Crippen LogP contribution in [0.5, 0.6) is 0 Å². The molecule has 5 saturated carbocycles. The van der Waals surface area contributed by atoms with Gasteiger partial charge in [-0.3, -0.25) is 4.79 Å². The standard InChI is InChI=1S/C32H54O4/c1-19-12-15-32(27(33)34)17-16-30(6)21(26(32)20(19)2)10-11-22-29(5)14-13-24(35-8)28(3,4)23(29)18-25(36-9)31(22,30)7/h19-26H,10-18H2,1-9H3,(H,33,34). The molecule has 1 N–H and O–H groups in total. The summed E-state index contributed by atoms with van der Waals surface area (Å²) in [6.45, 7) is 17.4. The van der Waals surface area contributed by atoms with Crippen molar-refractivity contribution in [3.05, 3.63) is 0 Å². The summed E-state index contributed by atoms with van der Waals surface area (Å²) in [6.07, 6.45) is 10.2. The molecule has 12 atom stereocenters. The van der Waals surface area contributed by atoms with Gasteiger partial charge in [-0.05, 0) is 110 Å². The van der Waals surface area contributed by atoms with E-state index < -0.39 is 11.4 Å². The van der Waals surface area contributed by atoms with Gasteiger partial charge in [0.15, 0.2) is 0 Å². The minimum Gasteiger partial charge on any atom is -0.481 e. The molecular weight excluding hydrogens is 448 g/mol. The lowest BCUT2D eigenvalue weighted by atomic mass is 9.30. The lowest BCUT2D eigenvalue weighted by Crippen LogP contribution is -2.72. The third kappa shape index (κ3) is 3.09. The molecule has 5 fully saturated rings. The maximum atomic E-state index is 13.0. The van der Waals surface area contributed by atoms with Gasteiger partial charge in [0.05, 0.1) is 17.6 Å². The Hall–Kier alpha value is -0.610. The fourth-order valence-electron chi connectivity index (χ4n) is 12.3. The Bertz CT molecular complexity index is 883. The summed E-state index contributed by atoms with van der Waals surface area (Å²) in [6, 6.07) is 0. The van der Waals surface area contributed by atoms with Crippen LogP contribution in [0.15, 0.2) is 0 Å². The Kier molecular flexibility index (Phi) is 6.33. The van der Waals surface area contributed by atoms with Gasteiger partial charge in [0, 0.05) is 19.6 Å². The molecular formula is C32H54O4. The van der Waals surface area contributed by atoms with Gasteiger partial charge in [0.1, 0.15) is 0 Å². The normalized spacial score (nSPS) is 56.0. The maximum absolute atomic E-state index is 13.0. The van der Waals surface area contributed by atoms with Crippen molar-refractivity contribution in [2.75, 3.05) is 14.2 Å². The summed E-state index contributed by atoms with van der Waals surface area (Å²) in [4.78, 5) is 13.0. The third-order valence-corrected chi connectivity index (χ3v) is 14.6. The number of aliphatic carboxylic acids is 1. The van der Waals surface area contributed by atoms with Crippen LogP contribution < -0.4 is 0 Å². The SMILES string of the molecule is COC1CCC2(C)C(CC(OC)C3(C)C2CCC2C4C(C)C(C)CCC4(C(=O)O)CCC23C)C1(C)C. The molecule has 0 saturated heterocycles. The zero-order valence-electron chi connectivity index (χ0n) is 24.7. The fourth-order valence-corrected chi connectivity index (χ4v) is 12.3. The monoisotopic (exact) mass is 502 g/mol. The molecule has 0 aromatic carbocycles. The zero-order valence-corrected chi connectivity index (χ0v) is 24.7. The van der Waals surface area contributed by atoms with Gasteiger partial charge >= 0.3 is 5.97 Å². The molecule has 5 rings (SSSR count). The molecule has 5 aliphatic rings. The number of rotatable bonds is 3. The van der Waals surface area contributed by atoms with Crippen molar-refractivity contribution in [3.8, 4) is 0 Å². The van der Waals surface area contributed by atoms with E-state index in [0.717, 1.165) is 38.5 Å². The van der Waals surface area contributed by atoms with E-state index in [0.29, 0.717) is 35.7 Å². The Morgan fingerprint density at radius 2 is 1.47 bits per heavy atom. The highest BCUT2D eigenvalue weighted by Crippen LogP contribution is 2.77. The number of carbonyl (C=O) groups is 1. The zero-order chi connectivity index (χ0) is 26.5. The summed E-state index contributed by atoms with van der Waals surface area (Å²) in [7, 11) is 3.84. The van der Waals surface area contributed by atoms with Gasteiger partial charge in [-0.2, -0.15) is 0 Å². The number of methoxy groups -OCH3 is 2. The average molecular weight is 503 g/mol. The number of fused-ring (bicyclic) bond motifs is 7. The van der Waals surface area contributed by atoms with Crippen LogP contribution in [-0.2, 0) is 14.3 Å². The van der Waals surface area contributed by atoms with Crippen molar-refractivity contribution < 1.29 is 19.4 Å².